The molecule has 2 rings (SSSR count). The first-order chi connectivity index (χ1) is 8.97. The van der Waals surface area contributed by atoms with E-state index in [-0.39, 0.29) is 24.9 Å². The third-order valence-corrected chi connectivity index (χ3v) is 3.73. The van der Waals surface area contributed by atoms with Crippen LogP contribution in [0.3, 0.4) is 0 Å². The number of carbonyl (C=O) groups excluding carboxylic acids is 1. The van der Waals surface area contributed by atoms with Crippen molar-refractivity contribution in [3.8, 4) is 0 Å². The molecule has 102 valence electrons. The lowest BCUT2D eigenvalue weighted by atomic mass is 10.1. The van der Waals surface area contributed by atoms with E-state index in [0.717, 1.165) is 10.2 Å². The van der Waals surface area contributed by atoms with E-state index in [2.05, 4.69) is 15.9 Å². The fraction of sp³-hybridized carbons (Fsp3) is 0.385. The standard InChI is InChI=1S/C13H15BrN2O3/c1-15-8-12(17)16(7-11(15)6-13(18)19)10-4-2-3-9(14)5-10/h2-5,11H,6-8H2,1H3,(H,18,19). The minimum absolute atomic E-state index is 0.0118. The second kappa shape index (κ2) is 5.71. The van der Waals surface area contributed by atoms with E-state index in [1.54, 1.807) is 16.8 Å². The number of carbonyl (C=O) groups is 2. The molecule has 1 unspecified atom stereocenters. The third kappa shape index (κ3) is 3.33. The molecule has 0 radical (unpaired) electrons. The fourth-order valence-electron chi connectivity index (χ4n) is 2.20. The molecule has 1 aromatic rings. The highest BCUT2D eigenvalue weighted by molar-refractivity contribution is 9.10. The van der Waals surface area contributed by atoms with E-state index in [0.29, 0.717) is 6.54 Å². The summed E-state index contributed by atoms with van der Waals surface area (Å²) in [5.74, 6) is -0.859. The molecule has 0 aliphatic carbocycles. The maximum absolute atomic E-state index is 12.1. The number of anilines is 1. The molecule has 0 spiro atoms. The Morgan fingerprint density at radius 2 is 2.26 bits per heavy atom. The Bertz CT molecular complexity index is 506. The molecule has 1 fully saturated rings. The van der Waals surface area contributed by atoms with Crippen LogP contribution in [-0.4, -0.2) is 48.1 Å². The van der Waals surface area contributed by atoms with Gasteiger partial charge in [0, 0.05) is 22.7 Å². The van der Waals surface area contributed by atoms with Crippen LogP contribution in [0.1, 0.15) is 6.42 Å². The zero-order chi connectivity index (χ0) is 14.0. The van der Waals surface area contributed by atoms with E-state index in [4.69, 9.17) is 5.11 Å². The molecule has 0 aromatic heterocycles. The van der Waals surface area contributed by atoms with Gasteiger partial charge in [0.05, 0.1) is 13.0 Å². The minimum Gasteiger partial charge on any atom is -0.481 e. The Morgan fingerprint density at radius 3 is 2.89 bits per heavy atom. The minimum atomic E-state index is -0.847. The second-order valence-electron chi connectivity index (χ2n) is 4.65. The average molecular weight is 327 g/mol. The van der Waals surface area contributed by atoms with Gasteiger partial charge in [-0.25, -0.2) is 0 Å². The number of aliphatic carboxylic acids is 1. The Labute approximate surface area is 119 Å². The third-order valence-electron chi connectivity index (χ3n) is 3.23. The van der Waals surface area contributed by atoms with Gasteiger partial charge in [-0.1, -0.05) is 22.0 Å². The molecule has 5 nitrogen and oxygen atoms in total. The summed E-state index contributed by atoms with van der Waals surface area (Å²) in [6.45, 7) is 0.641. The zero-order valence-electron chi connectivity index (χ0n) is 10.5. The van der Waals surface area contributed by atoms with Gasteiger partial charge in [0.25, 0.3) is 0 Å². The highest BCUT2D eigenvalue weighted by Gasteiger charge is 2.31. The second-order valence-corrected chi connectivity index (χ2v) is 5.57. The van der Waals surface area contributed by atoms with Crippen LogP contribution in [0.25, 0.3) is 0 Å². The number of hydrogen-bond donors (Lipinski definition) is 1. The number of hydrogen-bond acceptors (Lipinski definition) is 3. The summed E-state index contributed by atoms with van der Waals surface area (Å²) in [6, 6.07) is 7.30. The van der Waals surface area contributed by atoms with Crippen LogP contribution in [0.4, 0.5) is 5.69 Å². The van der Waals surface area contributed by atoms with Crippen LogP contribution in [0.15, 0.2) is 28.7 Å². The predicted molar refractivity (Wildman–Crippen MR) is 75.2 cm³/mol. The molecule has 6 heteroatoms. The van der Waals surface area contributed by atoms with Gasteiger partial charge in [-0.15, -0.1) is 0 Å². The fourth-order valence-corrected chi connectivity index (χ4v) is 2.58. The number of rotatable bonds is 3. The van der Waals surface area contributed by atoms with Gasteiger partial charge in [0.1, 0.15) is 0 Å². The largest absolute Gasteiger partial charge is 0.481 e. The summed E-state index contributed by atoms with van der Waals surface area (Å²) in [4.78, 5) is 26.4. The lowest BCUT2D eigenvalue weighted by Gasteiger charge is -2.38. The summed E-state index contributed by atoms with van der Waals surface area (Å²) in [5, 5.41) is 8.91. The molecule has 0 bridgehead atoms. The molecular weight excluding hydrogens is 312 g/mol. The Hall–Kier alpha value is -1.40. The molecule has 1 atom stereocenters. The van der Waals surface area contributed by atoms with Crippen molar-refractivity contribution in [2.24, 2.45) is 0 Å². The number of benzene rings is 1. The SMILES string of the molecule is CN1CC(=O)N(c2cccc(Br)c2)CC1CC(=O)O. The topological polar surface area (TPSA) is 60.9 Å². The van der Waals surface area contributed by atoms with E-state index >= 15 is 0 Å². The van der Waals surface area contributed by atoms with Gasteiger partial charge >= 0.3 is 5.97 Å². The molecule has 1 amide bonds. The van der Waals surface area contributed by atoms with Crippen molar-refractivity contribution >= 4 is 33.5 Å². The van der Waals surface area contributed by atoms with Gasteiger partial charge in [-0.05, 0) is 25.2 Å². The van der Waals surface area contributed by atoms with Gasteiger partial charge in [0.2, 0.25) is 5.91 Å². The predicted octanol–water partition coefficient (Wildman–Crippen LogP) is 1.57. The van der Waals surface area contributed by atoms with Gasteiger partial charge < -0.3 is 10.0 Å². The first kappa shape index (κ1) is 14.0. The van der Waals surface area contributed by atoms with Crippen molar-refractivity contribution in [2.75, 3.05) is 25.0 Å². The number of amides is 1. The smallest absolute Gasteiger partial charge is 0.305 e. The lowest BCUT2D eigenvalue weighted by Crippen LogP contribution is -2.55. The first-order valence-corrected chi connectivity index (χ1v) is 6.74. The van der Waals surface area contributed by atoms with E-state index < -0.39 is 5.97 Å². The van der Waals surface area contributed by atoms with Gasteiger partial charge in [-0.3, -0.25) is 14.5 Å². The maximum atomic E-state index is 12.1. The normalized spacial score (nSPS) is 20.6. The van der Waals surface area contributed by atoms with E-state index in [9.17, 15) is 9.59 Å². The number of piperazine rings is 1. The number of likely N-dealkylation sites (N-methyl/N-ethyl adjacent to an activating group) is 1. The Kier molecular flexibility index (Phi) is 4.21. The zero-order valence-corrected chi connectivity index (χ0v) is 12.1. The van der Waals surface area contributed by atoms with Crippen LogP contribution in [0.5, 0.6) is 0 Å². The summed E-state index contributed by atoms with van der Waals surface area (Å²) in [6.07, 6.45) is 0.0360. The molecule has 0 saturated carbocycles. The van der Waals surface area contributed by atoms with Crippen LogP contribution in [0.2, 0.25) is 0 Å². The highest BCUT2D eigenvalue weighted by atomic mass is 79.9. The number of halogens is 1. The molecule has 1 aliphatic rings. The van der Waals surface area contributed by atoms with Crippen molar-refractivity contribution in [3.05, 3.63) is 28.7 Å². The molecule has 1 aliphatic heterocycles. The number of carboxylic acids is 1. The van der Waals surface area contributed by atoms with Crippen molar-refractivity contribution in [3.63, 3.8) is 0 Å². The maximum Gasteiger partial charge on any atom is 0.305 e. The molecule has 1 saturated heterocycles. The van der Waals surface area contributed by atoms with Gasteiger partial charge in [-0.2, -0.15) is 0 Å². The number of carboxylic acid groups (broad SMARTS) is 1. The number of nitrogens with zero attached hydrogens (tertiary/aromatic N) is 2. The summed E-state index contributed by atoms with van der Waals surface area (Å²) in [7, 11) is 1.78. The van der Waals surface area contributed by atoms with Crippen molar-refractivity contribution in [1.29, 1.82) is 0 Å². The van der Waals surface area contributed by atoms with E-state index in [1.807, 2.05) is 24.3 Å². The monoisotopic (exact) mass is 326 g/mol. The first-order valence-electron chi connectivity index (χ1n) is 5.95. The summed E-state index contributed by atoms with van der Waals surface area (Å²) in [5.41, 5.74) is 0.794. The van der Waals surface area contributed by atoms with Crippen LogP contribution in [-0.2, 0) is 9.59 Å². The molecular formula is C13H15BrN2O3. The van der Waals surface area contributed by atoms with Gasteiger partial charge in [0.15, 0.2) is 0 Å². The molecule has 1 N–H and O–H groups in total. The molecule has 1 heterocycles. The quantitative estimate of drug-likeness (QED) is 0.916. The van der Waals surface area contributed by atoms with Crippen molar-refractivity contribution in [2.45, 2.75) is 12.5 Å². The summed E-state index contributed by atoms with van der Waals surface area (Å²) < 4.78 is 0.895. The molecule has 19 heavy (non-hydrogen) atoms. The van der Waals surface area contributed by atoms with Crippen molar-refractivity contribution in [1.82, 2.24) is 4.90 Å². The van der Waals surface area contributed by atoms with Crippen LogP contribution >= 0.6 is 15.9 Å². The highest BCUT2D eigenvalue weighted by Crippen LogP contribution is 2.23. The molecule has 1 aromatic carbocycles. The summed E-state index contributed by atoms with van der Waals surface area (Å²) >= 11 is 3.37. The van der Waals surface area contributed by atoms with E-state index in [1.165, 1.54) is 0 Å². The van der Waals surface area contributed by atoms with Crippen molar-refractivity contribution < 1.29 is 14.7 Å². The Balaban J connectivity index is 2.20. The Morgan fingerprint density at radius 1 is 1.53 bits per heavy atom. The van der Waals surface area contributed by atoms with Crippen LogP contribution in [0, 0.1) is 0 Å². The lowest BCUT2D eigenvalue weighted by molar-refractivity contribution is -0.139. The van der Waals surface area contributed by atoms with Crippen LogP contribution < -0.4 is 4.90 Å². The average Bonchev–Trinajstić information content (AvgIpc) is 2.32.